The maximum Gasteiger partial charge on any atom is 0.138 e. The molecule has 0 spiro atoms. The number of hydrogen-bond donors (Lipinski definition) is 0. The fourth-order valence-electron chi connectivity index (χ4n) is 3.04. The highest BCUT2D eigenvalue weighted by Gasteiger charge is 2.38. The molecule has 1 saturated carbocycles. The molecule has 0 N–H and O–H groups in total. The second-order valence-electron chi connectivity index (χ2n) is 6.37. The molecule has 0 amide bonds. The zero-order chi connectivity index (χ0) is 13.3. The van der Waals surface area contributed by atoms with Gasteiger partial charge in [0.05, 0.1) is 0 Å². The number of carbonyl (C=O) groups excluding carboxylic acids is 1. The third kappa shape index (κ3) is 2.62. The molecule has 1 aliphatic carbocycles. The number of aryl methyl sites for hydroxylation is 1. The summed E-state index contributed by atoms with van der Waals surface area (Å²) in [7, 11) is 1.91. The molecule has 1 fully saturated rings. The van der Waals surface area contributed by atoms with E-state index in [2.05, 4.69) is 30.9 Å². The standard InChI is InChI=1S/C14H23N3O/c1-10-5-6-11(12(18)7-10)14(2,3)8-13-15-9-16-17(13)4/h9-11H,5-8H2,1-4H3. The smallest absolute Gasteiger partial charge is 0.138 e. The van der Waals surface area contributed by atoms with Crippen molar-refractivity contribution in [1.82, 2.24) is 14.8 Å². The van der Waals surface area contributed by atoms with E-state index in [1.165, 1.54) is 6.42 Å². The van der Waals surface area contributed by atoms with Gasteiger partial charge in [0, 0.05) is 25.8 Å². The Morgan fingerprint density at radius 3 is 2.72 bits per heavy atom. The van der Waals surface area contributed by atoms with Crippen LogP contribution in [0.2, 0.25) is 0 Å². The maximum atomic E-state index is 12.2. The van der Waals surface area contributed by atoms with E-state index < -0.39 is 0 Å². The minimum Gasteiger partial charge on any atom is -0.299 e. The number of hydrogen-bond acceptors (Lipinski definition) is 3. The normalized spacial score (nSPS) is 25.4. The maximum absolute atomic E-state index is 12.2. The highest BCUT2D eigenvalue weighted by Crippen LogP contribution is 2.39. The van der Waals surface area contributed by atoms with Crippen LogP contribution in [0, 0.1) is 17.3 Å². The van der Waals surface area contributed by atoms with Crippen molar-refractivity contribution >= 4 is 5.78 Å². The molecule has 1 aromatic rings. The lowest BCUT2D eigenvalue weighted by Crippen LogP contribution is -2.37. The number of rotatable bonds is 3. The Kier molecular flexibility index (Phi) is 3.55. The van der Waals surface area contributed by atoms with Gasteiger partial charge in [0.15, 0.2) is 0 Å². The molecule has 1 heterocycles. The van der Waals surface area contributed by atoms with Crippen LogP contribution in [-0.2, 0) is 18.3 Å². The molecule has 2 rings (SSSR count). The van der Waals surface area contributed by atoms with Crippen LogP contribution in [0.15, 0.2) is 6.33 Å². The molecule has 100 valence electrons. The molecule has 0 saturated heterocycles. The Morgan fingerprint density at radius 1 is 1.44 bits per heavy atom. The number of Topliss-reactive ketones (excluding diaryl/α,β-unsaturated/α-hetero) is 1. The van der Waals surface area contributed by atoms with Crippen molar-refractivity contribution in [2.24, 2.45) is 24.3 Å². The number of carbonyl (C=O) groups is 1. The molecular weight excluding hydrogens is 226 g/mol. The van der Waals surface area contributed by atoms with Gasteiger partial charge in [-0.25, -0.2) is 4.98 Å². The summed E-state index contributed by atoms with van der Waals surface area (Å²) in [6, 6.07) is 0. The zero-order valence-electron chi connectivity index (χ0n) is 11.8. The summed E-state index contributed by atoms with van der Waals surface area (Å²) in [6.45, 7) is 6.53. The topological polar surface area (TPSA) is 47.8 Å². The van der Waals surface area contributed by atoms with Gasteiger partial charge < -0.3 is 0 Å². The van der Waals surface area contributed by atoms with Crippen molar-refractivity contribution in [2.75, 3.05) is 0 Å². The highest BCUT2D eigenvalue weighted by molar-refractivity contribution is 5.82. The van der Waals surface area contributed by atoms with Crippen LogP contribution < -0.4 is 0 Å². The van der Waals surface area contributed by atoms with E-state index in [-0.39, 0.29) is 11.3 Å². The van der Waals surface area contributed by atoms with Crippen molar-refractivity contribution in [2.45, 2.75) is 46.5 Å². The summed E-state index contributed by atoms with van der Waals surface area (Å²) in [5, 5.41) is 4.10. The Morgan fingerprint density at radius 2 is 2.17 bits per heavy atom. The summed E-state index contributed by atoms with van der Waals surface area (Å²) in [5.74, 6) is 2.12. The number of nitrogens with zero attached hydrogens (tertiary/aromatic N) is 3. The van der Waals surface area contributed by atoms with Crippen molar-refractivity contribution in [3.05, 3.63) is 12.2 Å². The van der Waals surface area contributed by atoms with Gasteiger partial charge in [-0.3, -0.25) is 9.48 Å². The summed E-state index contributed by atoms with van der Waals surface area (Å²) in [6.07, 6.45) is 5.32. The second-order valence-corrected chi connectivity index (χ2v) is 6.37. The van der Waals surface area contributed by atoms with E-state index in [0.29, 0.717) is 11.7 Å². The molecule has 18 heavy (non-hydrogen) atoms. The van der Waals surface area contributed by atoms with Crippen LogP contribution in [-0.4, -0.2) is 20.5 Å². The first-order valence-electron chi connectivity index (χ1n) is 6.76. The predicted molar refractivity (Wildman–Crippen MR) is 70.0 cm³/mol. The van der Waals surface area contributed by atoms with Gasteiger partial charge >= 0.3 is 0 Å². The second kappa shape index (κ2) is 4.82. The van der Waals surface area contributed by atoms with Crippen LogP contribution in [0.4, 0.5) is 0 Å². The average Bonchev–Trinajstić information content (AvgIpc) is 2.63. The van der Waals surface area contributed by atoms with Crippen LogP contribution in [0.1, 0.15) is 45.9 Å². The monoisotopic (exact) mass is 249 g/mol. The van der Waals surface area contributed by atoms with Crippen LogP contribution in [0.5, 0.6) is 0 Å². The molecule has 1 aromatic heterocycles. The van der Waals surface area contributed by atoms with E-state index >= 15 is 0 Å². The number of ketones is 1. The third-order valence-corrected chi connectivity index (χ3v) is 4.25. The lowest BCUT2D eigenvalue weighted by Gasteiger charge is -2.37. The molecule has 4 heteroatoms. The van der Waals surface area contributed by atoms with E-state index in [1.54, 1.807) is 11.0 Å². The van der Waals surface area contributed by atoms with Gasteiger partial charge in [0.2, 0.25) is 0 Å². The molecule has 2 unspecified atom stereocenters. The summed E-state index contributed by atoms with van der Waals surface area (Å²) in [5.41, 5.74) is -0.0297. The lowest BCUT2D eigenvalue weighted by molar-refractivity contribution is -0.130. The summed E-state index contributed by atoms with van der Waals surface area (Å²) in [4.78, 5) is 16.5. The fraction of sp³-hybridized carbons (Fsp3) is 0.786. The Bertz CT molecular complexity index is 436. The highest BCUT2D eigenvalue weighted by atomic mass is 16.1. The van der Waals surface area contributed by atoms with E-state index in [0.717, 1.165) is 25.1 Å². The molecular formula is C14H23N3O. The van der Waals surface area contributed by atoms with Crippen LogP contribution in [0.3, 0.4) is 0 Å². The van der Waals surface area contributed by atoms with Gasteiger partial charge in [0.1, 0.15) is 17.9 Å². The molecule has 0 aromatic carbocycles. The first kappa shape index (κ1) is 13.2. The van der Waals surface area contributed by atoms with Gasteiger partial charge in [-0.05, 0) is 24.2 Å². The van der Waals surface area contributed by atoms with E-state index in [1.807, 2.05) is 7.05 Å². The van der Waals surface area contributed by atoms with Crippen molar-refractivity contribution in [1.29, 1.82) is 0 Å². The van der Waals surface area contributed by atoms with E-state index in [9.17, 15) is 4.79 Å². The average molecular weight is 249 g/mol. The molecule has 4 nitrogen and oxygen atoms in total. The SMILES string of the molecule is CC1CCC(C(C)(C)Cc2ncnn2C)C(=O)C1. The zero-order valence-corrected chi connectivity index (χ0v) is 11.8. The minimum absolute atomic E-state index is 0.0297. The summed E-state index contributed by atoms with van der Waals surface area (Å²) < 4.78 is 1.80. The Balaban J connectivity index is 2.11. The lowest BCUT2D eigenvalue weighted by atomic mass is 9.67. The van der Waals surface area contributed by atoms with Gasteiger partial charge in [0.25, 0.3) is 0 Å². The Labute approximate surface area is 109 Å². The molecule has 0 aliphatic heterocycles. The van der Waals surface area contributed by atoms with Crippen LogP contribution >= 0.6 is 0 Å². The molecule has 0 bridgehead atoms. The van der Waals surface area contributed by atoms with Crippen molar-refractivity contribution in [3.63, 3.8) is 0 Å². The molecule has 1 aliphatic rings. The van der Waals surface area contributed by atoms with E-state index in [4.69, 9.17) is 0 Å². The van der Waals surface area contributed by atoms with Crippen molar-refractivity contribution in [3.8, 4) is 0 Å². The van der Waals surface area contributed by atoms with Gasteiger partial charge in [-0.2, -0.15) is 5.10 Å². The third-order valence-electron chi connectivity index (χ3n) is 4.25. The van der Waals surface area contributed by atoms with Gasteiger partial charge in [-0.1, -0.05) is 20.8 Å². The fourth-order valence-corrected chi connectivity index (χ4v) is 3.04. The number of aromatic nitrogens is 3. The first-order chi connectivity index (χ1) is 8.40. The predicted octanol–water partition coefficient (Wildman–Crippen LogP) is 2.39. The van der Waals surface area contributed by atoms with Crippen molar-refractivity contribution < 1.29 is 4.79 Å². The molecule has 2 atom stereocenters. The Hall–Kier alpha value is -1.19. The first-order valence-corrected chi connectivity index (χ1v) is 6.76. The quantitative estimate of drug-likeness (QED) is 0.826. The largest absolute Gasteiger partial charge is 0.299 e. The minimum atomic E-state index is -0.0297. The van der Waals surface area contributed by atoms with Gasteiger partial charge in [-0.15, -0.1) is 0 Å². The van der Waals surface area contributed by atoms with Crippen LogP contribution in [0.25, 0.3) is 0 Å². The molecule has 0 radical (unpaired) electrons. The summed E-state index contributed by atoms with van der Waals surface area (Å²) >= 11 is 0.